The Bertz CT molecular complexity index is 1310. The van der Waals surface area contributed by atoms with Crippen molar-refractivity contribution in [1.29, 1.82) is 0 Å². The van der Waals surface area contributed by atoms with E-state index in [-0.39, 0.29) is 35.1 Å². The number of nitrogens with zero attached hydrogens (tertiary/aromatic N) is 2. The normalized spacial score (nSPS) is 13.2. The van der Waals surface area contributed by atoms with Crippen molar-refractivity contribution in [3.05, 3.63) is 83.2 Å². The van der Waals surface area contributed by atoms with Crippen LogP contribution in [0.15, 0.2) is 60.3 Å². The molecule has 7 N–H and O–H groups in total. The first-order valence-corrected chi connectivity index (χ1v) is 12.1. The van der Waals surface area contributed by atoms with Gasteiger partial charge in [0.25, 0.3) is 0 Å². The van der Waals surface area contributed by atoms with Crippen molar-refractivity contribution < 1.29 is 32.4 Å². The van der Waals surface area contributed by atoms with E-state index in [4.69, 9.17) is 16.7 Å². The van der Waals surface area contributed by atoms with Crippen LogP contribution in [0.3, 0.4) is 0 Å². The molecule has 0 aromatic heterocycles. The van der Waals surface area contributed by atoms with Crippen molar-refractivity contribution in [2.75, 3.05) is 12.3 Å². The standard InChI is InChI=1S/C27H32F4N6O3/c1-5-22(35-15(3)4)26(39)37(23(6-2)17-10-18(27(29,30)31)12-19(32)11-17)14-24(38)34-13-16-7-8-20(21(28)9-16)25(33)36-40/h5-12,15,22,35,40H,1,13-14,32H2,2-4H3,(H2,33,36)(H,34,38)/b23-6-. The highest BCUT2D eigenvalue weighted by atomic mass is 19.4. The Hall–Kier alpha value is -4.39. The van der Waals surface area contributed by atoms with Crippen LogP contribution < -0.4 is 22.1 Å². The molecule has 0 spiro atoms. The van der Waals surface area contributed by atoms with E-state index in [1.807, 2.05) is 0 Å². The van der Waals surface area contributed by atoms with E-state index in [2.05, 4.69) is 22.4 Å². The summed E-state index contributed by atoms with van der Waals surface area (Å²) in [7, 11) is 0. The Morgan fingerprint density at radius 3 is 2.40 bits per heavy atom. The Labute approximate surface area is 229 Å². The Morgan fingerprint density at radius 2 is 1.88 bits per heavy atom. The number of halogens is 4. The molecule has 1 unspecified atom stereocenters. The van der Waals surface area contributed by atoms with Gasteiger partial charge in [0.05, 0.1) is 11.1 Å². The molecule has 0 aliphatic carbocycles. The van der Waals surface area contributed by atoms with E-state index >= 15 is 0 Å². The lowest BCUT2D eigenvalue weighted by molar-refractivity contribution is -0.137. The highest BCUT2D eigenvalue weighted by Gasteiger charge is 2.33. The fourth-order valence-corrected chi connectivity index (χ4v) is 3.82. The molecule has 0 saturated heterocycles. The lowest BCUT2D eigenvalue weighted by atomic mass is 10.0. The van der Waals surface area contributed by atoms with E-state index in [1.54, 1.807) is 13.8 Å². The quantitative estimate of drug-likeness (QED) is 0.0537. The zero-order chi connectivity index (χ0) is 30.2. The number of alkyl halides is 3. The molecule has 0 heterocycles. The predicted molar refractivity (Wildman–Crippen MR) is 144 cm³/mol. The summed E-state index contributed by atoms with van der Waals surface area (Å²) in [5.74, 6) is -2.54. The van der Waals surface area contributed by atoms with Gasteiger partial charge in [-0.2, -0.15) is 13.2 Å². The molecule has 2 aromatic rings. The average molecular weight is 565 g/mol. The maximum atomic E-state index is 14.3. The topological polar surface area (TPSA) is 146 Å². The van der Waals surface area contributed by atoms with Gasteiger partial charge >= 0.3 is 6.18 Å². The number of benzene rings is 2. The summed E-state index contributed by atoms with van der Waals surface area (Å²) in [5, 5.41) is 17.0. The number of nitrogen functional groups attached to an aromatic ring is 1. The summed E-state index contributed by atoms with van der Waals surface area (Å²) in [6.07, 6.45) is -1.97. The molecule has 2 aromatic carbocycles. The highest BCUT2D eigenvalue weighted by Crippen LogP contribution is 2.34. The predicted octanol–water partition coefficient (Wildman–Crippen LogP) is 3.58. The molecule has 2 amide bonds. The number of allylic oxidation sites excluding steroid dienone is 1. The minimum absolute atomic E-state index is 0.0181. The third-order valence-electron chi connectivity index (χ3n) is 5.63. The monoisotopic (exact) mass is 564 g/mol. The molecule has 40 heavy (non-hydrogen) atoms. The van der Waals surface area contributed by atoms with Crippen LogP contribution in [0, 0.1) is 5.82 Å². The number of amidine groups is 1. The van der Waals surface area contributed by atoms with Gasteiger partial charge in [-0.3, -0.25) is 9.59 Å². The number of hydrogen-bond donors (Lipinski definition) is 5. The smallest absolute Gasteiger partial charge is 0.409 e. The highest BCUT2D eigenvalue weighted by molar-refractivity contribution is 5.97. The Morgan fingerprint density at radius 1 is 1.20 bits per heavy atom. The fourth-order valence-electron chi connectivity index (χ4n) is 3.82. The van der Waals surface area contributed by atoms with Crippen LogP contribution in [-0.4, -0.2) is 46.4 Å². The molecule has 1 atom stereocenters. The summed E-state index contributed by atoms with van der Waals surface area (Å²) < 4.78 is 54.8. The second-order valence-electron chi connectivity index (χ2n) is 9.05. The van der Waals surface area contributed by atoms with Crippen LogP contribution in [0.1, 0.15) is 43.0 Å². The number of anilines is 1. The van der Waals surface area contributed by atoms with Gasteiger partial charge in [-0.15, -0.1) is 6.58 Å². The van der Waals surface area contributed by atoms with Gasteiger partial charge in [-0.1, -0.05) is 23.4 Å². The summed E-state index contributed by atoms with van der Waals surface area (Å²) in [4.78, 5) is 27.6. The average Bonchev–Trinajstić information content (AvgIpc) is 2.88. The first-order chi connectivity index (χ1) is 18.7. The zero-order valence-electron chi connectivity index (χ0n) is 22.2. The van der Waals surface area contributed by atoms with E-state index in [0.29, 0.717) is 5.56 Å². The number of carbonyl (C=O) groups is 2. The molecular weight excluding hydrogens is 532 g/mol. The van der Waals surface area contributed by atoms with Gasteiger partial charge < -0.3 is 32.2 Å². The van der Waals surface area contributed by atoms with Crippen LogP contribution in [-0.2, 0) is 22.3 Å². The molecule has 0 fully saturated rings. The summed E-state index contributed by atoms with van der Waals surface area (Å²) in [6.45, 7) is 8.01. The molecule has 0 aliphatic rings. The zero-order valence-corrected chi connectivity index (χ0v) is 22.2. The minimum atomic E-state index is -4.70. The third-order valence-corrected chi connectivity index (χ3v) is 5.63. The number of carbonyl (C=O) groups excluding carboxylic acids is 2. The first-order valence-electron chi connectivity index (χ1n) is 12.1. The number of amides is 2. The molecule has 0 saturated carbocycles. The number of hydrogen-bond acceptors (Lipinski definition) is 6. The second kappa shape index (κ2) is 13.6. The van der Waals surface area contributed by atoms with Crippen molar-refractivity contribution in [3.8, 4) is 0 Å². The van der Waals surface area contributed by atoms with Crippen molar-refractivity contribution in [3.63, 3.8) is 0 Å². The third kappa shape index (κ3) is 8.30. The van der Waals surface area contributed by atoms with Crippen LogP contribution in [0.5, 0.6) is 0 Å². The second-order valence-corrected chi connectivity index (χ2v) is 9.05. The van der Waals surface area contributed by atoms with Gasteiger partial charge in [0.1, 0.15) is 18.4 Å². The summed E-state index contributed by atoms with van der Waals surface area (Å²) in [6, 6.07) is 5.55. The van der Waals surface area contributed by atoms with E-state index < -0.39 is 47.8 Å². The summed E-state index contributed by atoms with van der Waals surface area (Å²) in [5.41, 5.74) is 10.1. The van der Waals surface area contributed by atoms with Crippen LogP contribution in [0.4, 0.5) is 23.2 Å². The largest absolute Gasteiger partial charge is 0.416 e. The molecule has 0 aliphatic heterocycles. The molecule has 13 heteroatoms. The van der Waals surface area contributed by atoms with E-state index in [1.165, 1.54) is 37.3 Å². The number of nitrogens with two attached hydrogens (primary N) is 2. The SMILES string of the molecule is C=CC(NC(C)C)C(=O)N(CC(=O)NCc1ccc(/C(N)=N/O)c(F)c1)/C(=C\C)c1cc(N)cc(C(F)(F)F)c1. The van der Waals surface area contributed by atoms with Crippen molar-refractivity contribution in [2.24, 2.45) is 10.9 Å². The van der Waals surface area contributed by atoms with Crippen molar-refractivity contribution in [1.82, 2.24) is 15.5 Å². The van der Waals surface area contributed by atoms with Crippen LogP contribution in [0.25, 0.3) is 5.70 Å². The van der Waals surface area contributed by atoms with Gasteiger partial charge in [-0.05, 0) is 56.7 Å². The van der Waals surface area contributed by atoms with Crippen LogP contribution >= 0.6 is 0 Å². The van der Waals surface area contributed by atoms with Gasteiger partial charge in [0.15, 0.2) is 5.84 Å². The summed E-state index contributed by atoms with van der Waals surface area (Å²) >= 11 is 0. The van der Waals surface area contributed by atoms with Crippen LogP contribution in [0.2, 0.25) is 0 Å². The molecule has 216 valence electrons. The minimum Gasteiger partial charge on any atom is -0.409 e. The van der Waals surface area contributed by atoms with Gasteiger partial charge in [0.2, 0.25) is 11.8 Å². The molecule has 0 radical (unpaired) electrons. The number of oxime groups is 1. The Balaban J connectivity index is 2.40. The number of rotatable bonds is 11. The molecular formula is C27H32F4N6O3. The molecule has 9 nitrogen and oxygen atoms in total. The molecule has 0 bridgehead atoms. The van der Waals surface area contributed by atoms with Crippen molar-refractivity contribution >= 4 is 29.0 Å². The van der Waals surface area contributed by atoms with Crippen molar-refractivity contribution in [2.45, 2.75) is 45.6 Å². The number of nitrogens with one attached hydrogen (secondary N) is 2. The first kappa shape index (κ1) is 31.8. The van der Waals surface area contributed by atoms with Gasteiger partial charge in [-0.25, -0.2) is 4.39 Å². The lowest BCUT2D eigenvalue weighted by Gasteiger charge is -2.30. The fraction of sp³-hybridized carbons (Fsp3) is 0.296. The van der Waals surface area contributed by atoms with E-state index in [9.17, 15) is 27.2 Å². The lowest BCUT2D eigenvalue weighted by Crippen LogP contribution is -2.49. The van der Waals surface area contributed by atoms with E-state index in [0.717, 1.165) is 23.1 Å². The maximum Gasteiger partial charge on any atom is 0.416 e. The maximum absolute atomic E-state index is 14.3. The molecule has 2 rings (SSSR count). The Kier molecular flexibility index (Phi) is 10.8. The van der Waals surface area contributed by atoms with Gasteiger partial charge in [0, 0.05) is 29.5 Å².